The molecule has 0 amide bonds. The minimum absolute atomic E-state index is 0.330. The molecule has 2 aromatic heterocycles. The van der Waals surface area contributed by atoms with Crippen molar-refractivity contribution in [1.29, 1.82) is 0 Å². The smallest absolute Gasteiger partial charge is 0.323 e. The molecule has 0 radical (unpaired) electrons. The van der Waals surface area contributed by atoms with Crippen molar-refractivity contribution in [3.8, 4) is 11.8 Å². The monoisotopic (exact) mass is 470 g/mol. The van der Waals surface area contributed by atoms with Gasteiger partial charge in [-0.2, -0.15) is 8.78 Å². The van der Waals surface area contributed by atoms with Gasteiger partial charge in [-0.05, 0) is 53.2 Å². The molecule has 0 spiro atoms. The summed E-state index contributed by atoms with van der Waals surface area (Å²) in [6.07, 6.45) is 1.83. The number of tetrazole rings is 1. The van der Waals surface area contributed by atoms with E-state index < -0.39 is 47.4 Å². The quantitative estimate of drug-likeness (QED) is 0.337. The standard InChI is InChI=1S/C23H18F4N6O/c24-17-6-9-19(20(25)11-17)22(34,13-33-14-30-31-32-33)23(26,27)21-10-5-16(12-29-21)2-1-15-3-7-18(28)8-4-15/h3-5,7-8,10-12,14,34H,6,9,13,28H2. The lowest BCUT2D eigenvalue weighted by Crippen LogP contribution is -2.52. The molecule has 7 nitrogen and oxygen atoms in total. The number of alkyl halides is 2. The van der Waals surface area contributed by atoms with Crippen molar-refractivity contribution in [2.24, 2.45) is 0 Å². The van der Waals surface area contributed by atoms with E-state index >= 15 is 8.78 Å². The van der Waals surface area contributed by atoms with Gasteiger partial charge in [0, 0.05) is 41.1 Å². The zero-order chi connectivity index (χ0) is 24.3. The number of hydrogen-bond donors (Lipinski definition) is 2. The molecule has 1 aliphatic rings. The number of aromatic nitrogens is 5. The summed E-state index contributed by atoms with van der Waals surface area (Å²) in [6.45, 7) is -0.883. The number of nitrogen functional groups attached to an aromatic ring is 1. The third kappa shape index (κ3) is 4.53. The van der Waals surface area contributed by atoms with Crippen LogP contribution in [0, 0.1) is 11.8 Å². The van der Waals surface area contributed by atoms with E-state index in [1.165, 1.54) is 6.07 Å². The number of aliphatic hydroxyl groups is 1. The zero-order valence-corrected chi connectivity index (χ0v) is 17.6. The van der Waals surface area contributed by atoms with Crippen LogP contribution in [0.2, 0.25) is 0 Å². The first-order valence-corrected chi connectivity index (χ1v) is 10.1. The van der Waals surface area contributed by atoms with Gasteiger partial charge in [0.25, 0.3) is 0 Å². The van der Waals surface area contributed by atoms with Crippen molar-refractivity contribution in [1.82, 2.24) is 25.2 Å². The average Bonchev–Trinajstić information content (AvgIpc) is 3.31. The van der Waals surface area contributed by atoms with Crippen molar-refractivity contribution >= 4 is 5.69 Å². The van der Waals surface area contributed by atoms with Gasteiger partial charge in [0.05, 0.1) is 6.54 Å². The third-order valence-corrected chi connectivity index (χ3v) is 5.33. The van der Waals surface area contributed by atoms with Gasteiger partial charge in [-0.25, -0.2) is 13.5 Å². The highest BCUT2D eigenvalue weighted by Crippen LogP contribution is 2.47. The SMILES string of the molecule is Nc1ccc(C#Cc2ccc(C(F)(F)C(O)(Cn3cnnn3)C3=C(F)C=C(F)CC3)nc2)cc1. The van der Waals surface area contributed by atoms with Crippen molar-refractivity contribution < 1.29 is 22.7 Å². The van der Waals surface area contributed by atoms with Crippen LogP contribution < -0.4 is 5.73 Å². The number of hydrogen-bond acceptors (Lipinski definition) is 6. The van der Waals surface area contributed by atoms with E-state index in [2.05, 4.69) is 32.4 Å². The van der Waals surface area contributed by atoms with Crippen molar-refractivity contribution in [3.05, 3.63) is 89.0 Å². The Morgan fingerprint density at radius 1 is 1.03 bits per heavy atom. The van der Waals surface area contributed by atoms with Crippen molar-refractivity contribution in [2.45, 2.75) is 30.9 Å². The Morgan fingerprint density at radius 3 is 2.35 bits per heavy atom. The van der Waals surface area contributed by atoms with E-state index in [9.17, 15) is 13.9 Å². The summed E-state index contributed by atoms with van der Waals surface area (Å²) in [7, 11) is 0. The minimum Gasteiger partial charge on any atom is -0.399 e. The molecule has 4 rings (SSSR count). The van der Waals surface area contributed by atoms with Gasteiger partial charge in [-0.1, -0.05) is 11.8 Å². The summed E-state index contributed by atoms with van der Waals surface area (Å²) in [4.78, 5) is 3.78. The van der Waals surface area contributed by atoms with Crippen LogP contribution in [-0.4, -0.2) is 35.9 Å². The van der Waals surface area contributed by atoms with Gasteiger partial charge in [-0.3, -0.25) is 4.98 Å². The lowest BCUT2D eigenvalue weighted by molar-refractivity contribution is -0.180. The number of benzene rings is 1. The Labute approximate surface area is 191 Å². The zero-order valence-electron chi connectivity index (χ0n) is 17.6. The highest BCUT2D eigenvalue weighted by atomic mass is 19.3. The second kappa shape index (κ2) is 9.07. The molecule has 34 heavy (non-hydrogen) atoms. The second-order valence-electron chi connectivity index (χ2n) is 7.66. The van der Waals surface area contributed by atoms with E-state index in [-0.39, 0.29) is 6.42 Å². The molecule has 1 unspecified atom stereocenters. The van der Waals surface area contributed by atoms with Gasteiger partial charge >= 0.3 is 5.92 Å². The molecule has 11 heteroatoms. The van der Waals surface area contributed by atoms with E-state index in [1.807, 2.05) is 0 Å². The number of nitrogens with two attached hydrogens (primary N) is 1. The summed E-state index contributed by atoms with van der Waals surface area (Å²) in [5.41, 5.74) is 2.61. The normalized spacial score (nSPS) is 15.9. The first-order chi connectivity index (χ1) is 16.2. The fraction of sp³-hybridized carbons (Fsp3) is 0.217. The lowest BCUT2D eigenvalue weighted by atomic mass is 9.80. The van der Waals surface area contributed by atoms with Gasteiger partial charge in [0.1, 0.15) is 23.7 Å². The van der Waals surface area contributed by atoms with E-state index in [0.29, 0.717) is 22.9 Å². The van der Waals surface area contributed by atoms with Crippen LogP contribution in [0.25, 0.3) is 0 Å². The molecule has 174 valence electrons. The Balaban J connectivity index is 1.69. The maximum absolute atomic E-state index is 15.7. The fourth-order valence-corrected chi connectivity index (χ4v) is 3.51. The molecule has 3 aromatic rings. The first kappa shape index (κ1) is 23.1. The number of nitrogens with zero attached hydrogens (tertiary/aromatic N) is 5. The average molecular weight is 470 g/mol. The molecule has 0 saturated heterocycles. The summed E-state index contributed by atoms with van der Waals surface area (Å²) in [6, 6.07) is 9.08. The van der Waals surface area contributed by atoms with Crippen LogP contribution in [0.4, 0.5) is 23.2 Å². The highest BCUT2D eigenvalue weighted by molar-refractivity contribution is 5.47. The Hall–Kier alpha value is -4.04. The van der Waals surface area contributed by atoms with Crippen LogP contribution >= 0.6 is 0 Å². The van der Waals surface area contributed by atoms with Crippen LogP contribution in [-0.2, 0) is 12.5 Å². The molecule has 3 N–H and O–H groups in total. The molecular weight excluding hydrogens is 452 g/mol. The van der Waals surface area contributed by atoms with Gasteiger partial charge < -0.3 is 10.8 Å². The number of anilines is 1. The van der Waals surface area contributed by atoms with E-state index in [0.717, 1.165) is 23.3 Å². The Bertz CT molecular complexity index is 1290. The van der Waals surface area contributed by atoms with E-state index in [4.69, 9.17) is 5.73 Å². The maximum atomic E-state index is 15.7. The molecule has 1 aromatic carbocycles. The van der Waals surface area contributed by atoms with Crippen LogP contribution in [0.5, 0.6) is 0 Å². The van der Waals surface area contributed by atoms with E-state index in [1.54, 1.807) is 24.3 Å². The first-order valence-electron chi connectivity index (χ1n) is 10.1. The molecule has 0 aliphatic heterocycles. The van der Waals surface area contributed by atoms with Gasteiger partial charge in [0.15, 0.2) is 5.60 Å². The third-order valence-electron chi connectivity index (χ3n) is 5.33. The largest absolute Gasteiger partial charge is 0.399 e. The summed E-state index contributed by atoms with van der Waals surface area (Å²) >= 11 is 0. The van der Waals surface area contributed by atoms with Gasteiger partial charge in [0.2, 0.25) is 0 Å². The maximum Gasteiger partial charge on any atom is 0.323 e. The van der Waals surface area contributed by atoms with Crippen LogP contribution in [0.3, 0.4) is 0 Å². The molecule has 0 fully saturated rings. The number of allylic oxidation sites excluding steroid dienone is 3. The Morgan fingerprint density at radius 2 is 1.74 bits per heavy atom. The number of rotatable bonds is 5. The minimum atomic E-state index is -4.09. The molecule has 0 saturated carbocycles. The summed E-state index contributed by atoms with van der Waals surface area (Å²) in [5.74, 6) is -0.509. The predicted octanol–water partition coefficient (Wildman–Crippen LogP) is 3.44. The Kier molecular flexibility index (Phi) is 6.17. The molecule has 0 bridgehead atoms. The molecule has 1 aliphatic carbocycles. The van der Waals surface area contributed by atoms with Crippen LogP contribution in [0.1, 0.15) is 29.7 Å². The van der Waals surface area contributed by atoms with Crippen LogP contribution in [0.15, 0.2) is 72.2 Å². The lowest BCUT2D eigenvalue weighted by Gasteiger charge is -2.38. The highest BCUT2D eigenvalue weighted by Gasteiger charge is 2.58. The topological polar surface area (TPSA) is 103 Å². The number of pyridine rings is 1. The number of halogens is 4. The fourth-order valence-electron chi connectivity index (χ4n) is 3.51. The molecule has 2 heterocycles. The molecule has 1 atom stereocenters. The van der Waals surface area contributed by atoms with Crippen molar-refractivity contribution in [3.63, 3.8) is 0 Å². The van der Waals surface area contributed by atoms with Crippen molar-refractivity contribution in [2.75, 3.05) is 5.73 Å². The second-order valence-corrected chi connectivity index (χ2v) is 7.66. The predicted molar refractivity (Wildman–Crippen MR) is 114 cm³/mol. The summed E-state index contributed by atoms with van der Waals surface area (Å²) in [5, 5.41) is 21.4. The molecular formula is C23H18F4N6O. The van der Waals surface area contributed by atoms with Gasteiger partial charge in [-0.15, -0.1) is 5.10 Å². The summed E-state index contributed by atoms with van der Waals surface area (Å²) < 4.78 is 60.4.